The van der Waals surface area contributed by atoms with Crippen LogP contribution in [0.1, 0.15) is 11.1 Å². The Bertz CT molecular complexity index is 525. The van der Waals surface area contributed by atoms with Gasteiger partial charge in [0, 0.05) is 19.6 Å². The first-order valence-electron chi connectivity index (χ1n) is 6.85. The van der Waals surface area contributed by atoms with Crippen molar-refractivity contribution >= 4 is 11.8 Å². The Balaban J connectivity index is 1.87. The molecule has 0 radical (unpaired) electrons. The Morgan fingerprint density at radius 1 is 1.40 bits per heavy atom. The number of amides is 2. The zero-order valence-electron chi connectivity index (χ0n) is 11.8. The molecule has 0 unspecified atom stereocenters. The molecule has 20 heavy (non-hydrogen) atoms. The van der Waals surface area contributed by atoms with Crippen molar-refractivity contribution in [3.8, 4) is 0 Å². The van der Waals surface area contributed by atoms with E-state index in [4.69, 9.17) is 0 Å². The van der Waals surface area contributed by atoms with Crippen LogP contribution >= 0.6 is 0 Å². The first-order valence-corrected chi connectivity index (χ1v) is 6.85. The highest BCUT2D eigenvalue weighted by Gasteiger charge is 2.25. The summed E-state index contributed by atoms with van der Waals surface area (Å²) in [7, 11) is 0. The van der Waals surface area contributed by atoms with Crippen LogP contribution in [0, 0.1) is 6.92 Å². The second-order valence-corrected chi connectivity index (χ2v) is 5.08. The van der Waals surface area contributed by atoms with Crippen molar-refractivity contribution in [2.24, 2.45) is 0 Å². The molecule has 0 aliphatic carbocycles. The molecule has 2 rings (SSSR count). The molecule has 1 fully saturated rings. The van der Waals surface area contributed by atoms with Gasteiger partial charge < -0.3 is 9.80 Å². The van der Waals surface area contributed by atoms with Crippen LogP contribution in [0.15, 0.2) is 36.9 Å². The molecule has 2 amide bonds. The number of nitrogens with zero attached hydrogens (tertiary/aromatic N) is 2. The minimum atomic E-state index is -0.170. The molecular formula is C16H20N2O2. The Kier molecular flexibility index (Phi) is 4.56. The van der Waals surface area contributed by atoms with Gasteiger partial charge in [-0.05, 0) is 25.0 Å². The molecule has 106 valence electrons. The van der Waals surface area contributed by atoms with Gasteiger partial charge in [0.05, 0.1) is 0 Å². The fraction of sp³-hybridized carbons (Fsp3) is 0.375. The summed E-state index contributed by atoms with van der Waals surface area (Å²) in [6.45, 7) is 7.57. The SMILES string of the molecule is C=CC(=O)N1CCN(CCc2cccc(C)c2)C(=O)C1. The summed E-state index contributed by atoms with van der Waals surface area (Å²) in [6.07, 6.45) is 2.11. The van der Waals surface area contributed by atoms with E-state index in [9.17, 15) is 9.59 Å². The molecule has 1 aliphatic rings. The second kappa shape index (κ2) is 6.37. The average molecular weight is 272 g/mol. The van der Waals surface area contributed by atoms with Gasteiger partial charge in [0.2, 0.25) is 11.8 Å². The Morgan fingerprint density at radius 3 is 2.85 bits per heavy atom. The minimum Gasteiger partial charge on any atom is -0.339 e. The molecule has 0 aromatic heterocycles. The second-order valence-electron chi connectivity index (χ2n) is 5.08. The summed E-state index contributed by atoms with van der Waals surface area (Å²) >= 11 is 0. The molecule has 0 N–H and O–H groups in total. The highest BCUT2D eigenvalue weighted by molar-refractivity contribution is 5.91. The molecule has 1 saturated heterocycles. The third kappa shape index (κ3) is 3.47. The van der Waals surface area contributed by atoms with E-state index >= 15 is 0 Å². The summed E-state index contributed by atoms with van der Waals surface area (Å²) in [4.78, 5) is 26.9. The number of hydrogen-bond donors (Lipinski definition) is 0. The van der Waals surface area contributed by atoms with Crippen LogP contribution in [-0.2, 0) is 16.0 Å². The number of piperazine rings is 1. The van der Waals surface area contributed by atoms with Gasteiger partial charge in [0.1, 0.15) is 6.54 Å². The van der Waals surface area contributed by atoms with Gasteiger partial charge in [-0.3, -0.25) is 9.59 Å². The van der Waals surface area contributed by atoms with Gasteiger partial charge in [0.25, 0.3) is 0 Å². The lowest BCUT2D eigenvalue weighted by molar-refractivity contribution is -0.142. The van der Waals surface area contributed by atoms with Gasteiger partial charge in [-0.15, -0.1) is 0 Å². The van der Waals surface area contributed by atoms with Gasteiger partial charge in [-0.2, -0.15) is 0 Å². The van der Waals surface area contributed by atoms with E-state index in [1.54, 1.807) is 4.90 Å². The van der Waals surface area contributed by atoms with Crippen LogP contribution in [0.5, 0.6) is 0 Å². The maximum atomic E-state index is 12.0. The molecule has 0 spiro atoms. The first kappa shape index (κ1) is 14.3. The van der Waals surface area contributed by atoms with Crippen molar-refractivity contribution < 1.29 is 9.59 Å². The fourth-order valence-corrected chi connectivity index (χ4v) is 2.39. The van der Waals surface area contributed by atoms with Crippen molar-refractivity contribution in [2.45, 2.75) is 13.3 Å². The van der Waals surface area contributed by atoms with Crippen LogP contribution in [0.3, 0.4) is 0 Å². The van der Waals surface area contributed by atoms with E-state index in [1.807, 2.05) is 11.0 Å². The normalized spacial score (nSPS) is 15.3. The fourth-order valence-electron chi connectivity index (χ4n) is 2.39. The third-order valence-electron chi connectivity index (χ3n) is 3.56. The standard InChI is InChI=1S/C16H20N2O2/c1-3-15(19)18-10-9-17(16(20)12-18)8-7-14-6-4-5-13(2)11-14/h3-6,11H,1,7-10,12H2,2H3. The molecule has 0 bridgehead atoms. The number of carbonyl (C=O) groups excluding carboxylic acids is 2. The minimum absolute atomic E-state index is 0.0131. The number of carbonyl (C=O) groups is 2. The van der Waals surface area contributed by atoms with E-state index in [2.05, 4.69) is 31.7 Å². The number of rotatable bonds is 4. The molecular weight excluding hydrogens is 252 g/mol. The van der Waals surface area contributed by atoms with Crippen molar-refractivity contribution in [3.63, 3.8) is 0 Å². The summed E-state index contributed by atoms with van der Waals surface area (Å²) in [6, 6.07) is 8.32. The number of aryl methyl sites for hydroxylation is 1. The predicted octanol–water partition coefficient (Wildman–Crippen LogP) is 1.39. The Morgan fingerprint density at radius 2 is 2.20 bits per heavy atom. The molecule has 4 nitrogen and oxygen atoms in total. The van der Waals surface area contributed by atoms with Crippen molar-refractivity contribution in [1.29, 1.82) is 0 Å². The summed E-state index contributed by atoms with van der Waals surface area (Å²) in [5.74, 6) is -0.157. The number of hydrogen-bond acceptors (Lipinski definition) is 2. The molecule has 1 aromatic rings. The van der Waals surface area contributed by atoms with Crippen molar-refractivity contribution in [3.05, 3.63) is 48.0 Å². The van der Waals surface area contributed by atoms with Gasteiger partial charge >= 0.3 is 0 Å². The van der Waals surface area contributed by atoms with Crippen LogP contribution in [0.25, 0.3) is 0 Å². The smallest absolute Gasteiger partial charge is 0.246 e. The highest BCUT2D eigenvalue weighted by atomic mass is 16.2. The van der Waals surface area contributed by atoms with E-state index < -0.39 is 0 Å². The highest BCUT2D eigenvalue weighted by Crippen LogP contribution is 2.08. The molecule has 1 aromatic carbocycles. The van der Waals surface area contributed by atoms with E-state index in [0.29, 0.717) is 19.6 Å². The zero-order valence-corrected chi connectivity index (χ0v) is 11.8. The maximum Gasteiger partial charge on any atom is 0.246 e. The van der Waals surface area contributed by atoms with E-state index in [-0.39, 0.29) is 18.4 Å². The lowest BCUT2D eigenvalue weighted by Crippen LogP contribution is -2.52. The van der Waals surface area contributed by atoms with Crippen molar-refractivity contribution in [1.82, 2.24) is 9.80 Å². The Hall–Kier alpha value is -2.10. The van der Waals surface area contributed by atoms with Crippen LogP contribution in [0.4, 0.5) is 0 Å². The van der Waals surface area contributed by atoms with Gasteiger partial charge in [0.15, 0.2) is 0 Å². The third-order valence-corrected chi connectivity index (χ3v) is 3.56. The van der Waals surface area contributed by atoms with E-state index in [1.165, 1.54) is 17.2 Å². The first-order chi connectivity index (χ1) is 9.60. The van der Waals surface area contributed by atoms with Crippen molar-refractivity contribution in [2.75, 3.05) is 26.2 Å². The van der Waals surface area contributed by atoms with E-state index in [0.717, 1.165) is 6.42 Å². The van der Waals surface area contributed by atoms with Crippen LogP contribution in [0.2, 0.25) is 0 Å². The molecule has 1 aliphatic heterocycles. The average Bonchev–Trinajstić information content (AvgIpc) is 2.45. The largest absolute Gasteiger partial charge is 0.339 e. The Labute approximate surface area is 119 Å². The van der Waals surface area contributed by atoms with Crippen LogP contribution < -0.4 is 0 Å². The summed E-state index contributed by atoms with van der Waals surface area (Å²) < 4.78 is 0. The lowest BCUT2D eigenvalue weighted by Gasteiger charge is -2.33. The molecule has 4 heteroatoms. The zero-order chi connectivity index (χ0) is 14.5. The van der Waals surface area contributed by atoms with Gasteiger partial charge in [-0.25, -0.2) is 0 Å². The molecule has 1 heterocycles. The summed E-state index contributed by atoms with van der Waals surface area (Å²) in [5, 5.41) is 0. The van der Waals surface area contributed by atoms with Gasteiger partial charge in [-0.1, -0.05) is 36.4 Å². The predicted molar refractivity (Wildman–Crippen MR) is 78.2 cm³/mol. The molecule has 0 saturated carbocycles. The molecule has 0 atom stereocenters. The lowest BCUT2D eigenvalue weighted by atomic mass is 10.1. The topological polar surface area (TPSA) is 40.6 Å². The van der Waals surface area contributed by atoms with Crippen LogP contribution in [-0.4, -0.2) is 47.8 Å². The number of benzene rings is 1. The quantitative estimate of drug-likeness (QED) is 0.777. The summed E-state index contributed by atoms with van der Waals surface area (Å²) in [5.41, 5.74) is 2.47. The maximum absolute atomic E-state index is 12.0. The monoisotopic (exact) mass is 272 g/mol.